The Morgan fingerprint density at radius 1 is 1.35 bits per heavy atom. The van der Waals surface area contributed by atoms with E-state index in [1.165, 1.54) is 0 Å². The minimum absolute atomic E-state index is 0.0296. The zero-order valence-corrected chi connectivity index (χ0v) is 13.6. The summed E-state index contributed by atoms with van der Waals surface area (Å²) in [7, 11) is 0. The lowest BCUT2D eigenvalue weighted by Crippen LogP contribution is -2.51. The third-order valence-corrected chi connectivity index (χ3v) is 5.10. The van der Waals surface area contributed by atoms with Gasteiger partial charge in [-0.3, -0.25) is 4.79 Å². The second kappa shape index (κ2) is 5.27. The van der Waals surface area contributed by atoms with Crippen molar-refractivity contribution >= 4 is 22.4 Å². The molecule has 0 unspecified atom stereocenters. The molecule has 2 saturated heterocycles. The molecule has 1 aromatic heterocycles. The highest BCUT2D eigenvalue weighted by Crippen LogP contribution is 2.40. The van der Waals surface area contributed by atoms with Crippen molar-refractivity contribution in [1.82, 2.24) is 9.97 Å². The number of anilines is 1. The monoisotopic (exact) mass is 312 g/mol. The van der Waals surface area contributed by atoms with E-state index in [0.717, 1.165) is 44.8 Å². The van der Waals surface area contributed by atoms with Crippen LogP contribution in [0.5, 0.6) is 0 Å². The molecule has 120 valence electrons. The molecular weight excluding hydrogens is 290 g/mol. The van der Waals surface area contributed by atoms with Crippen LogP contribution in [0.1, 0.15) is 37.3 Å². The van der Waals surface area contributed by atoms with Crippen LogP contribution in [0.4, 0.5) is 5.69 Å². The number of ketones is 1. The van der Waals surface area contributed by atoms with Gasteiger partial charge in [-0.1, -0.05) is 0 Å². The Morgan fingerprint density at radius 2 is 2.09 bits per heavy atom. The molecular formula is C18H21N3O2. The molecule has 2 aromatic rings. The van der Waals surface area contributed by atoms with E-state index in [9.17, 15) is 4.79 Å². The number of hydrogen-bond donors (Lipinski definition) is 0. The summed E-state index contributed by atoms with van der Waals surface area (Å²) in [6.07, 6.45) is 2.39. The number of rotatable bonds is 2. The van der Waals surface area contributed by atoms with E-state index in [-0.39, 0.29) is 12.0 Å². The van der Waals surface area contributed by atoms with Gasteiger partial charge in [0.05, 0.1) is 20.1 Å². The Hall–Kier alpha value is -2.01. The normalized spacial score (nSPS) is 20.4. The summed E-state index contributed by atoms with van der Waals surface area (Å²) in [5.41, 5.74) is 2.61. The molecule has 1 spiro atoms. The average molecular weight is 312 g/mol. The summed E-state index contributed by atoms with van der Waals surface area (Å²) >= 11 is 0. The lowest BCUT2D eigenvalue weighted by molar-refractivity contribution is -0.124. The maximum absolute atomic E-state index is 12.2. The SMILES string of the molecule is [2H]c1nc(C)nc2cc(C(C)=O)c(N3CCC4(CC3)COC4)cc12. The molecule has 4 rings (SSSR count). The van der Waals surface area contributed by atoms with E-state index >= 15 is 0 Å². The van der Waals surface area contributed by atoms with Crippen LogP contribution in [0.3, 0.4) is 0 Å². The van der Waals surface area contributed by atoms with Crippen molar-refractivity contribution < 1.29 is 10.9 Å². The number of carbonyl (C=O) groups excluding carboxylic acids is 1. The molecule has 2 aliphatic heterocycles. The van der Waals surface area contributed by atoms with Crippen molar-refractivity contribution in [3.8, 4) is 0 Å². The molecule has 0 bridgehead atoms. The minimum Gasteiger partial charge on any atom is -0.380 e. The number of aromatic nitrogens is 2. The fourth-order valence-electron chi connectivity index (χ4n) is 3.54. The smallest absolute Gasteiger partial charge is 0.161 e. The van der Waals surface area contributed by atoms with Crippen LogP contribution in [0.2, 0.25) is 0 Å². The first kappa shape index (κ1) is 13.4. The van der Waals surface area contributed by atoms with Gasteiger partial charge in [-0.05, 0) is 38.8 Å². The van der Waals surface area contributed by atoms with Crippen LogP contribution >= 0.6 is 0 Å². The van der Waals surface area contributed by atoms with Crippen molar-refractivity contribution in [2.45, 2.75) is 26.7 Å². The molecule has 1 aromatic carbocycles. The minimum atomic E-state index is 0.0296. The van der Waals surface area contributed by atoms with Gasteiger partial charge in [0, 0.05) is 41.3 Å². The first-order valence-electron chi connectivity index (χ1n) is 8.60. The lowest BCUT2D eigenvalue weighted by Gasteiger charge is -2.48. The maximum atomic E-state index is 12.2. The van der Waals surface area contributed by atoms with Gasteiger partial charge in [0.1, 0.15) is 5.82 Å². The number of Topliss-reactive ketones (excluding diaryl/α,β-unsaturated/α-hetero) is 1. The number of aryl methyl sites for hydroxylation is 1. The van der Waals surface area contributed by atoms with Crippen LogP contribution in [0.25, 0.3) is 10.9 Å². The predicted octanol–water partition coefficient (Wildman–Crippen LogP) is 2.76. The van der Waals surface area contributed by atoms with Crippen LogP contribution in [-0.2, 0) is 4.74 Å². The Labute approximate surface area is 137 Å². The number of nitrogens with zero attached hydrogens (tertiary/aromatic N) is 3. The molecule has 0 saturated carbocycles. The second-order valence-electron chi connectivity index (χ2n) is 6.81. The van der Waals surface area contributed by atoms with Gasteiger partial charge in [0.2, 0.25) is 0 Å². The van der Waals surface area contributed by atoms with E-state index < -0.39 is 0 Å². The van der Waals surface area contributed by atoms with Crippen molar-refractivity contribution in [3.05, 3.63) is 29.7 Å². The van der Waals surface area contributed by atoms with Gasteiger partial charge < -0.3 is 9.64 Å². The maximum Gasteiger partial charge on any atom is 0.161 e. The molecule has 0 radical (unpaired) electrons. The summed E-state index contributed by atoms with van der Waals surface area (Å²) in [5.74, 6) is 0.585. The first-order valence-corrected chi connectivity index (χ1v) is 8.10. The molecule has 0 N–H and O–H groups in total. The Kier molecular flexibility index (Phi) is 3.08. The van der Waals surface area contributed by atoms with Crippen molar-refractivity contribution in [1.29, 1.82) is 0 Å². The Morgan fingerprint density at radius 3 is 2.70 bits per heavy atom. The summed E-state index contributed by atoms with van der Waals surface area (Å²) in [6.45, 7) is 6.91. The summed E-state index contributed by atoms with van der Waals surface area (Å²) in [4.78, 5) is 23.0. The topological polar surface area (TPSA) is 55.3 Å². The molecule has 0 amide bonds. The quantitative estimate of drug-likeness (QED) is 0.798. The van der Waals surface area contributed by atoms with Gasteiger partial charge in [0.15, 0.2) is 5.78 Å². The fraction of sp³-hybridized carbons (Fsp3) is 0.500. The van der Waals surface area contributed by atoms with Gasteiger partial charge in [0.25, 0.3) is 0 Å². The van der Waals surface area contributed by atoms with E-state index in [1.54, 1.807) is 13.8 Å². The molecule has 5 heteroatoms. The van der Waals surface area contributed by atoms with Gasteiger partial charge in [-0.2, -0.15) is 0 Å². The molecule has 0 atom stereocenters. The van der Waals surface area contributed by atoms with Gasteiger partial charge in [-0.25, -0.2) is 9.97 Å². The highest BCUT2D eigenvalue weighted by atomic mass is 16.5. The van der Waals surface area contributed by atoms with Crippen molar-refractivity contribution in [2.24, 2.45) is 5.41 Å². The highest BCUT2D eigenvalue weighted by molar-refractivity contribution is 6.03. The van der Waals surface area contributed by atoms with Gasteiger partial charge >= 0.3 is 0 Å². The zero-order valence-electron chi connectivity index (χ0n) is 14.6. The van der Waals surface area contributed by atoms with Gasteiger partial charge in [-0.15, -0.1) is 0 Å². The van der Waals surface area contributed by atoms with E-state index in [2.05, 4.69) is 14.9 Å². The molecule has 0 aliphatic carbocycles. The summed E-state index contributed by atoms with van der Waals surface area (Å²) < 4.78 is 13.5. The molecule has 5 nitrogen and oxygen atoms in total. The molecule has 23 heavy (non-hydrogen) atoms. The standard InChI is InChI=1S/C18H21N3O2/c1-12(22)15-8-16-14(9-19-13(2)20-16)7-17(15)21-5-3-18(4-6-21)10-23-11-18/h7-9H,3-6,10-11H2,1-2H3/i9D. The van der Waals surface area contributed by atoms with E-state index in [1.807, 2.05) is 12.1 Å². The number of benzene rings is 1. The van der Waals surface area contributed by atoms with Crippen molar-refractivity contribution in [3.63, 3.8) is 0 Å². The molecule has 2 fully saturated rings. The third-order valence-electron chi connectivity index (χ3n) is 5.10. The summed E-state index contributed by atoms with van der Waals surface area (Å²) in [6, 6.07) is 3.74. The average Bonchev–Trinajstić information content (AvgIpc) is 2.52. The first-order chi connectivity index (χ1) is 11.5. The number of piperidine rings is 1. The lowest BCUT2D eigenvalue weighted by atomic mass is 9.76. The van der Waals surface area contributed by atoms with E-state index in [0.29, 0.717) is 27.7 Å². The van der Waals surface area contributed by atoms with Crippen LogP contribution in [-0.4, -0.2) is 42.1 Å². The highest BCUT2D eigenvalue weighted by Gasteiger charge is 2.41. The Bertz CT molecular complexity index is 823. The van der Waals surface area contributed by atoms with Crippen LogP contribution in [0.15, 0.2) is 18.3 Å². The molecule has 2 aliphatic rings. The number of hydrogen-bond acceptors (Lipinski definition) is 5. The Balaban J connectivity index is 1.76. The molecule has 3 heterocycles. The van der Waals surface area contributed by atoms with E-state index in [4.69, 9.17) is 6.11 Å². The van der Waals surface area contributed by atoms with Crippen LogP contribution < -0.4 is 4.90 Å². The second-order valence-corrected chi connectivity index (χ2v) is 6.81. The van der Waals surface area contributed by atoms with Crippen LogP contribution in [0, 0.1) is 12.3 Å². The summed E-state index contributed by atoms with van der Waals surface area (Å²) in [5, 5.41) is 0.702. The third kappa shape index (κ3) is 2.49. The largest absolute Gasteiger partial charge is 0.380 e. The predicted molar refractivity (Wildman–Crippen MR) is 89.0 cm³/mol. The number of fused-ring (bicyclic) bond motifs is 1. The van der Waals surface area contributed by atoms with Crippen molar-refractivity contribution in [2.75, 3.05) is 31.2 Å². The zero-order chi connectivity index (χ0) is 16.9. The fourth-order valence-corrected chi connectivity index (χ4v) is 3.54. The number of ether oxygens (including phenoxy) is 1. The number of carbonyl (C=O) groups is 1.